The normalized spacial score (nSPS) is 28.2. The molecule has 9 heteroatoms. The zero-order chi connectivity index (χ0) is 15.6. The summed E-state index contributed by atoms with van der Waals surface area (Å²) in [6.07, 6.45) is -3.58. The van der Waals surface area contributed by atoms with Gasteiger partial charge < -0.3 is 15.7 Å². The fourth-order valence-electron chi connectivity index (χ4n) is 2.77. The highest BCUT2D eigenvalue weighted by molar-refractivity contribution is 14.0. The van der Waals surface area contributed by atoms with Crippen LogP contribution in [0.15, 0.2) is 4.99 Å². The van der Waals surface area contributed by atoms with Crippen LogP contribution in [0.25, 0.3) is 0 Å². The van der Waals surface area contributed by atoms with E-state index in [0.717, 1.165) is 13.0 Å². The molecular weight excluding hydrogens is 412 g/mol. The summed E-state index contributed by atoms with van der Waals surface area (Å²) in [5, 5.41) is 14.6. The Morgan fingerprint density at radius 2 is 2.05 bits per heavy atom. The second-order valence-corrected chi connectivity index (χ2v) is 5.86. The maximum Gasteiger partial charge on any atom is 0.416 e. The Balaban J connectivity index is 0.00000242. The molecule has 0 aromatic carbocycles. The summed E-state index contributed by atoms with van der Waals surface area (Å²) in [5.41, 5.74) is 0. The van der Waals surface area contributed by atoms with Gasteiger partial charge >= 0.3 is 6.18 Å². The number of alkyl halides is 3. The Bertz CT molecular complexity index is 390. The van der Waals surface area contributed by atoms with Crippen molar-refractivity contribution in [1.82, 2.24) is 15.5 Å². The fraction of sp³-hybridized carbons (Fsp3) is 0.923. The van der Waals surface area contributed by atoms with Crippen molar-refractivity contribution < 1.29 is 18.3 Å². The summed E-state index contributed by atoms with van der Waals surface area (Å²) in [4.78, 5) is 6.35. The van der Waals surface area contributed by atoms with E-state index in [-0.39, 0.29) is 30.0 Å². The number of guanidine groups is 1. The van der Waals surface area contributed by atoms with E-state index in [0.29, 0.717) is 18.0 Å². The van der Waals surface area contributed by atoms with Gasteiger partial charge in [0, 0.05) is 31.7 Å². The first-order valence-electron chi connectivity index (χ1n) is 7.29. The van der Waals surface area contributed by atoms with Crippen molar-refractivity contribution in [2.45, 2.75) is 56.6 Å². The topological polar surface area (TPSA) is 59.9 Å². The van der Waals surface area contributed by atoms with Gasteiger partial charge in [0.25, 0.3) is 0 Å². The molecule has 0 amide bonds. The summed E-state index contributed by atoms with van der Waals surface area (Å²) in [6, 6.07) is 1.33. The molecule has 1 heterocycles. The Hall–Kier alpha value is -0.290. The summed E-state index contributed by atoms with van der Waals surface area (Å²) < 4.78 is 36.7. The maximum absolute atomic E-state index is 12.2. The van der Waals surface area contributed by atoms with E-state index in [4.69, 9.17) is 5.11 Å². The van der Waals surface area contributed by atoms with Crippen LogP contribution in [0.4, 0.5) is 13.2 Å². The predicted octanol–water partition coefficient (Wildman–Crippen LogP) is 1.32. The van der Waals surface area contributed by atoms with Gasteiger partial charge in [0.1, 0.15) is 0 Å². The number of aliphatic hydroxyl groups is 1. The number of aliphatic hydroxyl groups excluding tert-OH is 1. The largest absolute Gasteiger partial charge is 0.416 e. The van der Waals surface area contributed by atoms with Gasteiger partial charge in [-0.1, -0.05) is 0 Å². The summed E-state index contributed by atoms with van der Waals surface area (Å²) in [5.74, 6) is 0.299. The quantitative estimate of drug-likeness (QED) is 0.354. The van der Waals surface area contributed by atoms with Gasteiger partial charge in [-0.15, -0.1) is 24.0 Å². The van der Waals surface area contributed by atoms with E-state index < -0.39 is 18.8 Å². The maximum atomic E-state index is 12.2. The molecule has 3 N–H and O–H groups in total. The van der Waals surface area contributed by atoms with Gasteiger partial charge in [0.05, 0.1) is 6.54 Å². The van der Waals surface area contributed by atoms with Gasteiger partial charge in [0.15, 0.2) is 12.1 Å². The third kappa shape index (κ3) is 5.41. The lowest BCUT2D eigenvalue weighted by atomic mass is 10.2. The number of hydrogen-bond acceptors (Lipinski definition) is 3. The van der Waals surface area contributed by atoms with Crippen LogP contribution in [0, 0.1) is 0 Å². The van der Waals surface area contributed by atoms with E-state index in [2.05, 4.69) is 27.4 Å². The number of nitrogens with zero attached hydrogens (tertiary/aromatic N) is 2. The molecule has 0 bridgehead atoms. The van der Waals surface area contributed by atoms with Crippen LogP contribution >= 0.6 is 24.0 Å². The zero-order valence-electron chi connectivity index (χ0n) is 12.7. The van der Waals surface area contributed by atoms with E-state index in [1.807, 2.05) is 0 Å². The highest BCUT2D eigenvalue weighted by Gasteiger charge is 2.40. The lowest BCUT2D eigenvalue weighted by Gasteiger charge is -2.21. The molecule has 1 aliphatic carbocycles. The first kappa shape index (κ1) is 19.8. The van der Waals surface area contributed by atoms with Gasteiger partial charge in [-0.25, -0.2) is 0 Å². The minimum Gasteiger partial charge on any atom is -0.382 e. The fourth-order valence-corrected chi connectivity index (χ4v) is 2.77. The molecule has 5 nitrogen and oxygen atoms in total. The molecule has 3 atom stereocenters. The van der Waals surface area contributed by atoms with Crippen LogP contribution in [-0.2, 0) is 0 Å². The van der Waals surface area contributed by atoms with Crippen molar-refractivity contribution >= 4 is 29.9 Å². The lowest BCUT2D eigenvalue weighted by molar-refractivity contribution is -0.201. The van der Waals surface area contributed by atoms with Crippen molar-refractivity contribution in [2.75, 3.05) is 20.1 Å². The number of nitrogens with one attached hydrogen (secondary N) is 2. The minimum atomic E-state index is -4.61. The van der Waals surface area contributed by atoms with Gasteiger partial charge in [-0.05, 0) is 26.2 Å². The first-order valence-corrected chi connectivity index (χ1v) is 7.29. The minimum absolute atomic E-state index is 0. The molecule has 130 valence electrons. The summed E-state index contributed by atoms with van der Waals surface area (Å²) >= 11 is 0. The van der Waals surface area contributed by atoms with Gasteiger partial charge in [-0.3, -0.25) is 9.89 Å². The molecule has 22 heavy (non-hydrogen) atoms. The molecule has 2 fully saturated rings. The summed E-state index contributed by atoms with van der Waals surface area (Å²) in [7, 11) is 1.51. The van der Waals surface area contributed by atoms with Crippen LogP contribution in [-0.4, -0.2) is 66.5 Å². The standard InChI is InChI=1S/C13H23F3N4O.HI/c1-8-5-9(7-20(8)10-3-4-10)19-12(17-2)18-6-11(21)13(14,15)16;/h8-11,21H,3-7H2,1-2H3,(H2,17,18,19);1H. The molecule has 1 aliphatic heterocycles. The molecule has 1 saturated carbocycles. The third-order valence-corrected chi connectivity index (χ3v) is 4.04. The lowest BCUT2D eigenvalue weighted by Crippen LogP contribution is -2.48. The average molecular weight is 436 g/mol. The number of aliphatic imine (C=N–C) groups is 1. The molecule has 2 aliphatic rings. The van der Waals surface area contributed by atoms with Gasteiger partial charge in [0.2, 0.25) is 0 Å². The average Bonchev–Trinajstić information content (AvgIpc) is 3.17. The van der Waals surface area contributed by atoms with Crippen LogP contribution in [0.2, 0.25) is 0 Å². The molecule has 0 aromatic heterocycles. The molecule has 0 radical (unpaired) electrons. The molecule has 1 saturated heterocycles. The Labute approximate surface area is 145 Å². The monoisotopic (exact) mass is 436 g/mol. The molecule has 0 aromatic rings. The number of rotatable bonds is 4. The predicted molar refractivity (Wildman–Crippen MR) is 89.6 cm³/mol. The van der Waals surface area contributed by atoms with Crippen molar-refractivity contribution in [3.63, 3.8) is 0 Å². The third-order valence-electron chi connectivity index (χ3n) is 4.04. The summed E-state index contributed by atoms with van der Waals surface area (Å²) in [6.45, 7) is 2.45. The van der Waals surface area contributed by atoms with Crippen LogP contribution < -0.4 is 10.6 Å². The van der Waals surface area contributed by atoms with E-state index in [9.17, 15) is 13.2 Å². The van der Waals surface area contributed by atoms with E-state index in [1.54, 1.807) is 0 Å². The van der Waals surface area contributed by atoms with Crippen molar-refractivity contribution in [2.24, 2.45) is 4.99 Å². The van der Waals surface area contributed by atoms with Gasteiger partial charge in [-0.2, -0.15) is 13.2 Å². The molecule has 3 unspecified atom stereocenters. The highest BCUT2D eigenvalue weighted by atomic mass is 127. The first-order chi connectivity index (χ1) is 9.81. The van der Waals surface area contributed by atoms with Crippen molar-refractivity contribution in [3.05, 3.63) is 0 Å². The molecular formula is C13H24F3IN4O. The molecule has 0 spiro atoms. The van der Waals surface area contributed by atoms with Crippen LogP contribution in [0.1, 0.15) is 26.2 Å². The Kier molecular flexibility index (Phi) is 7.19. The number of likely N-dealkylation sites (tertiary alicyclic amines) is 1. The number of halogens is 4. The SMILES string of the molecule is CN=C(NCC(O)C(F)(F)F)NC1CC(C)N(C2CC2)C1.I. The second-order valence-electron chi connectivity index (χ2n) is 5.86. The van der Waals surface area contributed by atoms with Crippen LogP contribution in [0.5, 0.6) is 0 Å². The smallest absolute Gasteiger partial charge is 0.382 e. The highest BCUT2D eigenvalue weighted by Crippen LogP contribution is 2.33. The van der Waals surface area contributed by atoms with E-state index >= 15 is 0 Å². The second kappa shape index (κ2) is 8.00. The van der Waals surface area contributed by atoms with E-state index in [1.165, 1.54) is 19.9 Å². The zero-order valence-corrected chi connectivity index (χ0v) is 15.1. The Morgan fingerprint density at radius 1 is 1.41 bits per heavy atom. The van der Waals surface area contributed by atoms with Crippen LogP contribution in [0.3, 0.4) is 0 Å². The van der Waals surface area contributed by atoms with Crippen molar-refractivity contribution in [3.8, 4) is 0 Å². The number of hydrogen-bond donors (Lipinski definition) is 3. The Morgan fingerprint density at radius 3 is 2.55 bits per heavy atom. The molecule has 2 rings (SSSR count). The van der Waals surface area contributed by atoms with Crippen molar-refractivity contribution in [1.29, 1.82) is 0 Å².